The van der Waals surface area contributed by atoms with Gasteiger partial charge in [-0.05, 0) is 33.7 Å². The summed E-state index contributed by atoms with van der Waals surface area (Å²) in [5.41, 5.74) is 0.160. The molecular weight excluding hydrogens is 207 g/mol. The highest BCUT2D eigenvalue weighted by molar-refractivity contribution is 4.75. The zero-order valence-corrected chi connectivity index (χ0v) is 10.8. The van der Waals surface area contributed by atoms with Crippen LogP contribution in [-0.4, -0.2) is 56.0 Å². The molecule has 0 bridgehead atoms. The van der Waals surface area contributed by atoms with Crippen molar-refractivity contribution in [2.24, 2.45) is 0 Å². The molecule has 1 aliphatic heterocycles. The molecule has 0 aromatic heterocycles. The largest absolute Gasteiger partial charge is 0.376 e. The van der Waals surface area contributed by atoms with Crippen LogP contribution in [0, 0.1) is 0 Å². The lowest BCUT2D eigenvalue weighted by atomic mass is 10.1. The molecule has 1 unspecified atom stereocenters. The maximum absolute atomic E-state index is 12.2. The van der Waals surface area contributed by atoms with Gasteiger partial charge in [-0.25, -0.2) is 4.39 Å². The molecule has 1 aliphatic rings. The van der Waals surface area contributed by atoms with E-state index in [2.05, 4.69) is 31.0 Å². The Hall–Kier alpha value is -0.190. The molecule has 0 spiro atoms. The van der Waals surface area contributed by atoms with Crippen LogP contribution >= 0.6 is 0 Å². The standard InChI is InChI=1S/C12H25FN2O/c1-12(2,3)14-6-4-11-10-15(7-5-13)8-9-16-11/h11,14H,4-10H2,1-3H3. The van der Waals surface area contributed by atoms with Gasteiger partial charge in [0, 0.05) is 25.2 Å². The minimum atomic E-state index is -0.257. The number of hydrogen-bond acceptors (Lipinski definition) is 3. The quantitative estimate of drug-likeness (QED) is 0.776. The van der Waals surface area contributed by atoms with E-state index in [0.29, 0.717) is 6.54 Å². The van der Waals surface area contributed by atoms with Gasteiger partial charge in [-0.3, -0.25) is 4.90 Å². The molecule has 16 heavy (non-hydrogen) atoms. The average molecular weight is 232 g/mol. The van der Waals surface area contributed by atoms with Crippen LogP contribution < -0.4 is 5.32 Å². The normalized spacial score (nSPS) is 23.6. The third-order valence-corrected chi connectivity index (χ3v) is 2.75. The third-order valence-electron chi connectivity index (χ3n) is 2.75. The van der Waals surface area contributed by atoms with Gasteiger partial charge in [-0.15, -0.1) is 0 Å². The Labute approximate surface area is 98.3 Å². The smallest absolute Gasteiger partial charge is 0.102 e. The van der Waals surface area contributed by atoms with E-state index in [1.165, 1.54) is 0 Å². The molecule has 1 N–H and O–H groups in total. The van der Waals surface area contributed by atoms with Gasteiger partial charge in [0.1, 0.15) is 6.67 Å². The van der Waals surface area contributed by atoms with Crippen LogP contribution in [-0.2, 0) is 4.74 Å². The SMILES string of the molecule is CC(C)(C)NCCC1CN(CCF)CCO1. The molecule has 0 radical (unpaired) electrons. The Kier molecular flexibility index (Phi) is 5.66. The summed E-state index contributed by atoms with van der Waals surface area (Å²) in [5, 5.41) is 3.44. The molecule has 1 fully saturated rings. The number of halogens is 1. The van der Waals surface area contributed by atoms with E-state index >= 15 is 0 Å². The molecule has 1 atom stereocenters. The molecule has 3 nitrogen and oxygen atoms in total. The summed E-state index contributed by atoms with van der Waals surface area (Å²) in [6.45, 7) is 10.2. The molecule has 0 aliphatic carbocycles. The van der Waals surface area contributed by atoms with Gasteiger partial charge in [0.25, 0.3) is 0 Å². The lowest BCUT2D eigenvalue weighted by Crippen LogP contribution is -2.45. The Bertz CT molecular complexity index is 192. The molecule has 96 valence electrons. The number of morpholine rings is 1. The van der Waals surface area contributed by atoms with Crippen molar-refractivity contribution in [1.29, 1.82) is 0 Å². The van der Waals surface area contributed by atoms with E-state index < -0.39 is 0 Å². The van der Waals surface area contributed by atoms with Crippen molar-refractivity contribution in [2.45, 2.75) is 38.8 Å². The van der Waals surface area contributed by atoms with Gasteiger partial charge in [0.15, 0.2) is 0 Å². The van der Waals surface area contributed by atoms with Crippen molar-refractivity contribution < 1.29 is 9.13 Å². The topological polar surface area (TPSA) is 24.5 Å². The van der Waals surface area contributed by atoms with Gasteiger partial charge in [-0.2, -0.15) is 0 Å². The molecule has 0 aromatic rings. The van der Waals surface area contributed by atoms with E-state index in [4.69, 9.17) is 4.74 Å². The molecule has 0 aromatic carbocycles. The minimum Gasteiger partial charge on any atom is -0.376 e. The van der Waals surface area contributed by atoms with Crippen molar-refractivity contribution in [1.82, 2.24) is 10.2 Å². The van der Waals surface area contributed by atoms with E-state index in [1.54, 1.807) is 0 Å². The van der Waals surface area contributed by atoms with E-state index in [-0.39, 0.29) is 18.3 Å². The summed E-state index contributed by atoms with van der Waals surface area (Å²) in [5.74, 6) is 0. The summed E-state index contributed by atoms with van der Waals surface area (Å²) >= 11 is 0. The highest BCUT2D eigenvalue weighted by atomic mass is 19.1. The van der Waals surface area contributed by atoms with Crippen LogP contribution in [0.3, 0.4) is 0 Å². The number of alkyl halides is 1. The first-order valence-electron chi connectivity index (χ1n) is 6.16. The lowest BCUT2D eigenvalue weighted by Gasteiger charge is -2.33. The highest BCUT2D eigenvalue weighted by Crippen LogP contribution is 2.08. The lowest BCUT2D eigenvalue weighted by molar-refractivity contribution is -0.0332. The summed E-state index contributed by atoms with van der Waals surface area (Å²) in [6.07, 6.45) is 1.26. The van der Waals surface area contributed by atoms with Crippen LogP contribution in [0.4, 0.5) is 4.39 Å². The van der Waals surface area contributed by atoms with Crippen LogP contribution in [0.5, 0.6) is 0 Å². The average Bonchev–Trinajstić information content (AvgIpc) is 2.17. The first-order chi connectivity index (χ1) is 7.51. The molecular formula is C12H25FN2O. The monoisotopic (exact) mass is 232 g/mol. The number of ether oxygens (including phenoxy) is 1. The number of rotatable bonds is 5. The fourth-order valence-corrected chi connectivity index (χ4v) is 1.89. The fraction of sp³-hybridized carbons (Fsp3) is 1.00. The second-order valence-electron chi connectivity index (χ2n) is 5.45. The predicted molar refractivity (Wildman–Crippen MR) is 64.5 cm³/mol. The van der Waals surface area contributed by atoms with E-state index in [9.17, 15) is 4.39 Å². The third kappa shape index (κ3) is 5.77. The molecule has 1 rings (SSSR count). The summed E-state index contributed by atoms with van der Waals surface area (Å²) in [6, 6.07) is 0. The van der Waals surface area contributed by atoms with Crippen molar-refractivity contribution in [3.8, 4) is 0 Å². The summed E-state index contributed by atoms with van der Waals surface area (Å²) in [7, 11) is 0. The van der Waals surface area contributed by atoms with Gasteiger partial charge in [0.05, 0.1) is 12.7 Å². The molecule has 1 heterocycles. The maximum atomic E-state index is 12.2. The van der Waals surface area contributed by atoms with Crippen molar-refractivity contribution in [3.05, 3.63) is 0 Å². The molecule has 4 heteroatoms. The number of nitrogens with one attached hydrogen (secondary N) is 1. The highest BCUT2D eigenvalue weighted by Gasteiger charge is 2.20. The zero-order chi connectivity index (χ0) is 12.0. The second kappa shape index (κ2) is 6.52. The molecule has 1 saturated heterocycles. The Morgan fingerprint density at radius 3 is 2.81 bits per heavy atom. The number of hydrogen-bond donors (Lipinski definition) is 1. The van der Waals surface area contributed by atoms with Crippen molar-refractivity contribution in [2.75, 3.05) is 39.5 Å². The van der Waals surface area contributed by atoms with Gasteiger partial charge in [-0.1, -0.05) is 0 Å². The van der Waals surface area contributed by atoms with Crippen LogP contribution in [0.25, 0.3) is 0 Å². The number of nitrogens with zero attached hydrogens (tertiary/aromatic N) is 1. The van der Waals surface area contributed by atoms with Gasteiger partial charge in [0.2, 0.25) is 0 Å². The maximum Gasteiger partial charge on any atom is 0.102 e. The van der Waals surface area contributed by atoms with E-state index in [1.807, 2.05) is 0 Å². The Balaban J connectivity index is 2.16. The molecule has 0 amide bonds. The Morgan fingerprint density at radius 2 is 2.19 bits per heavy atom. The zero-order valence-electron chi connectivity index (χ0n) is 10.8. The molecule has 0 saturated carbocycles. The van der Waals surface area contributed by atoms with Crippen molar-refractivity contribution in [3.63, 3.8) is 0 Å². The van der Waals surface area contributed by atoms with Crippen LogP contribution in [0.1, 0.15) is 27.2 Å². The fourth-order valence-electron chi connectivity index (χ4n) is 1.89. The second-order valence-corrected chi connectivity index (χ2v) is 5.45. The summed E-state index contributed by atoms with van der Waals surface area (Å²) in [4.78, 5) is 2.14. The van der Waals surface area contributed by atoms with Crippen LogP contribution in [0.15, 0.2) is 0 Å². The summed E-state index contributed by atoms with van der Waals surface area (Å²) < 4.78 is 17.9. The van der Waals surface area contributed by atoms with E-state index in [0.717, 1.165) is 32.7 Å². The predicted octanol–water partition coefficient (Wildman–Crippen LogP) is 1.43. The van der Waals surface area contributed by atoms with Crippen molar-refractivity contribution >= 4 is 0 Å². The van der Waals surface area contributed by atoms with Crippen LogP contribution in [0.2, 0.25) is 0 Å². The first-order valence-corrected chi connectivity index (χ1v) is 6.16. The van der Waals surface area contributed by atoms with Gasteiger partial charge >= 0.3 is 0 Å². The first kappa shape index (κ1) is 13.9. The Morgan fingerprint density at radius 1 is 1.44 bits per heavy atom. The van der Waals surface area contributed by atoms with Gasteiger partial charge < -0.3 is 10.1 Å². The minimum absolute atomic E-state index is 0.160.